The molecule has 0 spiro atoms. The van der Waals surface area contributed by atoms with E-state index in [4.69, 9.17) is 0 Å². The molecule has 0 N–H and O–H groups in total. The van der Waals surface area contributed by atoms with Crippen LogP contribution >= 0.6 is 7.92 Å². The van der Waals surface area contributed by atoms with Crippen LogP contribution in [0.4, 0.5) is 0 Å². The minimum atomic E-state index is -0.658. The van der Waals surface area contributed by atoms with Gasteiger partial charge in [0.25, 0.3) is 0 Å². The fourth-order valence-corrected chi connectivity index (χ4v) is 6.53. The van der Waals surface area contributed by atoms with Gasteiger partial charge in [-0.1, -0.05) is 115 Å². The van der Waals surface area contributed by atoms with E-state index in [1.165, 1.54) is 43.0 Å². The van der Waals surface area contributed by atoms with Crippen LogP contribution in [0.25, 0.3) is 21.5 Å². The summed E-state index contributed by atoms with van der Waals surface area (Å²) in [4.78, 5) is 0. The molecule has 0 saturated carbocycles. The molecule has 5 aromatic rings. The van der Waals surface area contributed by atoms with Gasteiger partial charge in [-0.2, -0.15) is 0 Å². The van der Waals surface area contributed by atoms with Crippen molar-refractivity contribution in [2.45, 2.75) is 6.92 Å². The van der Waals surface area contributed by atoms with Gasteiger partial charge in [0.05, 0.1) is 0 Å². The topological polar surface area (TPSA) is 0 Å². The summed E-state index contributed by atoms with van der Waals surface area (Å²) in [6.45, 7) is 2.15. The van der Waals surface area contributed by atoms with E-state index in [0.717, 1.165) is 0 Å². The predicted octanol–water partition coefficient (Wildman–Crippen LogP) is 6.06. The van der Waals surface area contributed by atoms with Crippen molar-refractivity contribution in [1.82, 2.24) is 0 Å². The van der Waals surface area contributed by atoms with Crippen LogP contribution in [-0.4, -0.2) is 0 Å². The largest absolute Gasteiger partial charge is 0.0616 e. The van der Waals surface area contributed by atoms with Crippen LogP contribution in [0, 0.1) is 6.92 Å². The monoisotopic (exact) mass is 376 g/mol. The highest BCUT2D eigenvalue weighted by molar-refractivity contribution is 7.80. The summed E-state index contributed by atoms with van der Waals surface area (Å²) in [5, 5.41) is 9.56. The molecule has 1 heteroatoms. The molecule has 0 unspecified atom stereocenters. The van der Waals surface area contributed by atoms with E-state index in [2.05, 4.69) is 116 Å². The van der Waals surface area contributed by atoms with Gasteiger partial charge in [-0.25, -0.2) is 0 Å². The first-order valence-corrected chi connectivity index (χ1v) is 11.0. The molecule has 0 radical (unpaired) electrons. The van der Waals surface area contributed by atoms with Gasteiger partial charge in [-0.3, -0.25) is 0 Å². The molecule has 0 aliphatic carbocycles. The molecule has 134 valence electrons. The quantitative estimate of drug-likeness (QED) is 0.336. The predicted molar refractivity (Wildman–Crippen MR) is 125 cm³/mol. The van der Waals surface area contributed by atoms with E-state index in [1.54, 1.807) is 0 Å². The molecule has 0 nitrogen and oxygen atoms in total. The number of rotatable bonds is 3. The van der Waals surface area contributed by atoms with E-state index in [-0.39, 0.29) is 0 Å². The van der Waals surface area contributed by atoms with Crippen molar-refractivity contribution in [2.75, 3.05) is 0 Å². The Labute approximate surface area is 167 Å². The lowest BCUT2D eigenvalue weighted by molar-refractivity contribution is 1.49. The van der Waals surface area contributed by atoms with Gasteiger partial charge in [-0.15, -0.1) is 0 Å². The summed E-state index contributed by atoms with van der Waals surface area (Å²) in [5.74, 6) is 0. The van der Waals surface area contributed by atoms with Crippen LogP contribution in [-0.2, 0) is 0 Å². The third kappa shape index (κ3) is 3.01. The standard InChI is InChI=1S/C27H21P/c1-20-16-18-23(19-17-20)28(26-14-6-10-21-8-2-4-12-24(21)26)27-15-7-11-22-9-3-5-13-25(22)27/h2-19H,1H3. The Hall–Kier alpha value is -2.95. The van der Waals surface area contributed by atoms with Crippen molar-refractivity contribution >= 4 is 45.4 Å². The maximum Gasteiger partial charge on any atom is -0.00724 e. The molecular formula is C27H21P. The molecule has 0 aliphatic rings. The molecular weight excluding hydrogens is 355 g/mol. The zero-order chi connectivity index (χ0) is 18.9. The second-order valence-corrected chi connectivity index (χ2v) is 9.32. The summed E-state index contributed by atoms with van der Waals surface area (Å²) in [7, 11) is -0.658. The molecule has 0 saturated heterocycles. The van der Waals surface area contributed by atoms with E-state index in [1.807, 2.05) is 0 Å². The van der Waals surface area contributed by atoms with Crippen molar-refractivity contribution in [1.29, 1.82) is 0 Å². The second kappa shape index (κ2) is 7.23. The Bertz CT molecular complexity index is 1180. The van der Waals surface area contributed by atoms with Gasteiger partial charge < -0.3 is 0 Å². The molecule has 0 atom stereocenters. The zero-order valence-electron chi connectivity index (χ0n) is 15.8. The molecule has 28 heavy (non-hydrogen) atoms. The lowest BCUT2D eigenvalue weighted by atomic mass is 10.1. The smallest absolute Gasteiger partial charge is 0.00724 e. The SMILES string of the molecule is Cc1ccc(P(c2cccc3ccccc23)c2cccc3ccccc23)cc1. The normalized spacial score (nSPS) is 11.4. The average Bonchev–Trinajstić information content (AvgIpc) is 2.75. The second-order valence-electron chi connectivity index (χ2n) is 7.17. The van der Waals surface area contributed by atoms with Crippen molar-refractivity contribution < 1.29 is 0 Å². The summed E-state index contributed by atoms with van der Waals surface area (Å²) in [6, 6.07) is 40.1. The third-order valence-electron chi connectivity index (χ3n) is 5.31. The number of benzene rings is 5. The summed E-state index contributed by atoms with van der Waals surface area (Å²) >= 11 is 0. The van der Waals surface area contributed by atoms with Crippen LogP contribution in [0.3, 0.4) is 0 Å². The van der Waals surface area contributed by atoms with Crippen LogP contribution in [0.1, 0.15) is 5.56 Å². The summed E-state index contributed by atoms with van der Waals surface area (Å²) < 4.78 is 0. The highest BCUT2D eigenvalue weighted by Gasteiger charge is 2.20. The van der Waals surface area contributed by atoms with Gasteiger partial charge in [0.15, 0.2) is 0 Å². The van der Waals surface area contributed by atoms with Gasteiger partial charge >= 0.3 is 0 Å². The number of fused-ring (bicyclic) bond motifs is 2. The van der Waals surface area contributed by atoms with Crippen LogP contribution < -0.4 is 15.9 Å². The molecule has 0 bridgehead atoms. The van der Waals surface area contributed by atoms with Gasteiger partial charge in [0.1, 0.15) is 0 Å². The van der Waals surface area contributed by atoms with E-state index >= 15 is 0 Å². The van der Waals surface area contributed by atoms with E-state index < -0.39 is 7.92 Å². The molecule has 0 fully saturated rings. The molecule has 5 rings (SSSR count). The number of aryl methyl sites for hydroxylation is 1. The summed E-state index contributed by atoms with van der Waals surface area (Å²) in [5.41, 5.74) is 1.30. The zero-order valence-corrected chi connectivity index (χ0v) is 16.7. The Kier molecular flexibility index (Phi) is 4.43. The van der Waals surface area contributed by atoms with Crippen LogP contribution in [0.5, 0.6) is 0 Å². The summed E-state index contributed by atoms with van der Waals surface area (Å²) in [6.07, 6.45) is 0. The Morgan fingerprint density at radius 2 is 0.929 bits per heavy atom. The number of hydrogen-bond acceptors (Lipinski definition) is 0. The lowest BCUT2D eigenvalue weighted by Crippen LogP contribution is -2.22. The molecule has 0 aromatic heterocycles. The first-order valence-electron chi connectivity index (χ1n) is 9.63. The Morgan fingerprint density at radius 1 is 0.464 bits per heavy atom. The minimum Gasteiger partial charge on any atom is -0.0616 e. The van der Waals surface area contributed by atoms with Gasteiger partial charge in [-0.05, 0) is 52.3 Å². The molecule has 0 heterocycles. The maximum atomic E-state index is 2.32. The third-order valence-corrected chi connectivity index (χ3v) is 7.87. The Balaban J connectivity index is 1.84. The number of hydrogen-bond donors (Lipinski definition) is 0. The molecule has 0 amide bonds. The van der Waals surface area contributed by atoms with Crippen LogP contribution in [0.15, 0.2) is 109 Å². The van der Waals surface area contributed by atoms with E-state index in [0.29, 0.717) is 0 Å². The minimum absolute atomic E-state index is 0.658. The van der Waals surface area contributed by atoms with Crippen molar-refractivity contribution in [3.8, 4) is 0 Å². The van der Waals surface area contributed by atoms with E-state index in [9.17, 15) is 0 Å². The van der Waals surface area contributed by atoms with Crippen LogP contribution in [0.2, 0.25) is 0 Å². The Morgan fingerprint density at radius 3 is 1.46 bits per heavy atom. The highest BCUT2D eigenvalue weighted by atomic mass is 31.1. The molecule has 5 aromatic carbocycles. The van der Waals surface area contributed by atoms with Crippen molar-refractivity contribution in [2.24, 2.45) is 0 Å². The fourth-order valence-electron chi connectivity index (χ4n) is 3.91. The molecule has 0 aliphatic heterocycles. The highest BCUT2D eigenvalue weighted by Crippen LogP contribution is 2.38. The maximum absolute atomic E-state index is 2.32. The lowest BCUT2D eigenvalue weighted by Gasteiger charge is -2.23. The average molecular weight is 376 g/mol. The first kappa shape index (κ1) is 17.2. The van der Waals surface area contributed by atoms with Gasteiger partial charge in [0.2, 0.25) is 0 Å². The van der Waals surface area contributed by atoms with Gasteiger partial charge in [0, 0.05) is 0 Å². The fraction of sp³-hybridized carbons (Fsp3) is 0.0370. The first-order chi connectivity index (χ1) is 13.8. The van der Waals surface area contributed by atoms with Crippen molar-refractivity contribution in [3.05, 3.63) is 115 Å². The van der Waals surface area contributed by atoms with Crippen molar-refractivity contribution in [3.63, 3.8) is 0 Å².